The molecule has 0 atom stereocenters. The molecule has 84 valence electrons. The first kappa shape index (κ1) is 15.9. The van der Waals surface area contributed by atoms with Crippen molar-refractivity contribution < 1.29 is 10.2 Å². The Labute approximate surface area is 88.0 Å². The molecule has 0 aliphatic heterocycles. The van der Waals surface area contributed by atoms with Gasteiger partial charge in [-0.15, -0.1) is 0 Å². The van der Waals surface area contributed by atoms with Crippen molar-refractivity contribution in [2.45, 2.75) is 39.5 Å². The van der Waals surface area contributed by atoms with E-state index in [-0.39, 0.29) is 13.2 Å². The molecule has 2 heteroatoms. The van der Waals surface area contributed by atoms with Gasteiger partial charge in [-0.25, -0.2) is 0 Å². The summed E-state index contributed by atoms with van der Waals surface area (Å²) in [6, 6.07) is 0. The lowest BCUT2D eigenvalue weighted by Gasteiger charge is -1.79. The Kier molecular flexibility index (Phi) is 20.7. The minimum atomic E-state index is 0.274. The van der Waals surface area contributed by atoms with Gasteiger partial charge in [0, 0.05) is 13.2 Å². The summed E-state index contributed by atoms with van der Waals surface area (Å²) < 4.78 is 0. The van der Waals surface area contributed by atoms with Crippen molar-refractivity contribution in [3.63, 3.8) is 0 Å². The van der Waals surface area contributed by atoms with Gasteiger partial charge in [0.1, 0.15) is 0 Å². The molecule has 0 aromatic rings. The third-order valence-electron chi connectivity index (χ3n) is 1.40. The second-order valence-corrected chi connectivity index (χ2v) is 2.78. The summed E-state index contributed by atoms with van der Waals surface area (Å²) in [5.41, 5.74) is 0. The van der Waals surface area contributed by atoms with E-state index >= 15 is 0 Å². The van der Waals surface area contributed by atoms with Crippen molar-refractivity contribution in [3.8, 4) is 0 Å². The van der Waals surface area contributed by atoms with Crippen LogP contribution in [0.25, 0.3) is 0 Å². The molecule has 0 aromatic carbocycles. The zero-order chi connectivity index (χ0) is 11.1. The molecule has 0 bridgehead atoms. The largest absolute Gasteiger partial charge is 0.396 e. The molecule has 0 heterocycles. The van der Waals surface area contributed by atoms with Crippen LogP contribution in [0, 0.1) is 0 Å². The topological polar surface area (TPSA) is 40.5 Å². The Bertz CT molecular complexity index is 112. The molecule has 0 spiro atoms. The SMILES string of the molecule is CC/C=C\CCO.CC/C=C\CCO. The van der Waals surface area contributed by atoms with Crippen molar-refractivity contribution in [1.29, 1.82) is 0 Å². The monoisotopic (exact) mass is 200 g/mol. The molecule has 0 aromatic heterocycles. The van der Waals surface area contributed by atoms with Crippen molar-refractivity contribution in [2.75, 3.05) is 13.2 Å². The fourth-order valence-corrected chi connectivity index (χ4v) is 0.718. The molecule has 0 saturated carbocycles. The zero-order valence-corrected chi connectivity index (χ0v) is 9.45. The summed E-state index contributed by atoms with van der Waals surface area (Å²) in [7, 11) is 0. The van der Waals surface area contributed by atoms with Crippen molar-refractivity contribution >= 4 is 0 Å². The average molecular weight is 200 g/mol. The van der Waals surface area contributed by atoms with Crippen LogP contribution in [0.2, 0.25) is 0 Å². The Morgan fingerprint density at radius 3 is 1.29 bits per heavy atom. The summed E-state index contributed by atoms with van der Waals surface area (Å²) >= 11 is 0. The summed E-state index contributed by atoms with van der Waals surface area (Å²) in [5.74, 6) is 0. The van der Waals surface area contributed by atoms with Gasteiger partial charge in [-0.2, -0.15) is 0 Å². The zero-order valence-electron chi connectivity index (χ0n) is 9.45. The van der Waals surface area contributed by atoms with Crippen LogP contribution in [-0.4, -0.2) is 23.4 Å². The molecule has 0 saturated heterocycles. The standard InChI is InChI=1S/2C6H12O/c2*1-2-3-4-5-6-7/h2*3-4,7H,2,5-6H2,1H3/b2*4-3-. The number of hydrogen-bond donors (Lipinski definition) is 2. The quantitative estimate of drug-likeness (QED) is 0.647. The van der Waals surface area contributed by atoms with Crippen molar-refractivity contribution in [1.82, 2.24) is 0 Å². The normalized spacial score (nSPS) is 10.6. The van der Waals surface area contributed by atoms with Gasteiger partial charge in [0.2, 0.25) is 0 Å². The van der Waals surface area contributed by atoms with Crippen LogP contribution in [0.5, 0.6) is 0 Å². The summed E-state index contributed by atoms with van der Waals surface area (Å²) in [4.78, 5) is 0. The molecule has 0 unspecified atom stereocenters. The Hall–Kier alpha value is -0.600. The number of rotatable bonds is 6. The summed E-state index contributed by atoms with van der Waals surface area (Å²) in [5, 5.41) is 16.5. The Morgan fingerprint density at radius 2 is 1.07 bits per heavy atom. The summed E-state index contributed by atoms with van der Waals surface area (Å²) in [6.45, 7) is 4.70. The van der Waals surface area contributed by atoms with E-state index in [0.29, 0.717) is 0 Å². The molecule has 0 aliphatic rings. The fourth-order valence-electron chi connectivity index (χ4n) is 0.718. The highest BCUT2D eigenvalue weighted by molar-refractivity contribution is 4.79. The van der Waals surface area contributed by atoms with Crippen LogP contribution in [0.15, 0.2) is 24.3 Å². The molecular formula is C12H24O2. The van der Waals surface area contributed by atoms with Gasteiger partial charge in [0.05, 0.1) is 0 Å². The lowest BCUT2D eigenvalue weighted by molar-refractivity contribution is 0.302. The van der Waals surface area contributed by atoms with Gasteiger partial charge in [-0.3, -0.25) is 0 Å². The third kappa shape index (κ3) is 22.5. The van der Waals surface area contributed by atoms with Crippen molar-refractivity contribution in [2.24, 2.45) is 0 Å². The van der Waals surface area contributed by atoms with Crippen LogP contribution >= 0.6 is 0 Å². The molecular weight excluding hydrogens is 176 g/mol. The first-order valence-electron chi connectivity index (χ1n) is 5.35. The number of allylic oxidation sites excluding steroid dienone is 2. The van der Waals surface area contributed by atoms with E-state index in [2.05, 4.69) is 26.0 Å². The van der Waals surface area contributed by atoms with Gasteiger partial charge in [-0.05, 0) is 25.7 Å². The van der Waals surface area contributed by atoms with Crippen LogP contribution in [-0.2, 0) is 0 Å². The second kappa shape index (κ2) is 18.2. The highest BCUT2D eigenvalue weighted by Gasteiger charge is 1.69. The first-order valence-corrected chi connectivity index (χ1v) is 5.35. The molecule has 14 heavy (non-hydrogen) atoms. The van der Waals surface area contributed by atoms with E-state index in [1.165, 1.54) is 0 Å². The Balaban J connectivity index is 0. The van der Waals surface area contributed by atoms with Gasteiger partial charge >= 0.3 is 0 Å². The summed E-state index contributed by atoms with van der Waals surface area (Å²) in [6.07, 6.45) is 11.8. The maximum atomic E-state index is 8.24. The number of aliphatic hydroxyl groups excluding tert-OH is 2. The van der Waals surface area contributed by atoms with Gasteiger partial charge < -0.3 is 10.2 Å². The second-order valence-electron chi connectivity index (χ2n) is 2.78. The lowest BCUT2D eigenvalue weighted by atomic mass is 10.3. The maximum Gasteiger partial charge on any atom is 0.0465 e. The van der Waals surface area contributed by atoms with Crippen LogP contribution < -0.4 is 0 Å². The predicted octanol–water partition coefficient (Wildman–Crippen LogP) is 2.67. The highest BCUT2D eigenvalue weighted by atomic mass is 16.3. The first-order chi connectivity index (χ1) is 6.83. The predicted molar refractivity (Wildman–Crippen MR) is 62.3 cm³/mol. The number of hydrogen-bond acceptors (Lipinski definition) is 2. The van der Waals surface area contributed by atoms with Crippen LogP contribution in [0.4, 0.5) is 0 Å². The van der Waals surface area contributed by atoms with Gasteiger partial charge in [0.15, 0.2) is 0 Å². The Morgan fingerprint density at radius 1 is 0.714 bits per heavy atom. The molecule has 0 amide bonds. The molecule has 0 radical (unpaired) electrons. The van der Waals surface area contributed by atoms with E-state index in [0.717, 1.165) is 25.7 Å². The van der Waals surface area contributed by atoms with E-state index in [1.54, 1.807) is 0 Å². The van der Waals surface area contributed by atoms with Crippen LogP contribution in [0.1, 0.15) is 39.5 Å². The van der Waals surface area contributed by atoms with E-state index in [1.807, 2.05) is 12.2 Å². The van der Waals surface area contributed by atoms with E-state index in [9.17, 15) is 0 Å². The van der Waals surface area contributed by atoms with E-state index < -0.39 is 0 Å². The third-order valence-corrected chi connectivity index (χ3v) is 1.40. The fraction of sp³-hybridized carbons (Fsp3) is 0.667. The lowest BCUT2D eigenvalue weighted by Crippen LogP contribution is -1.73. The highest BCUT2D eigenvalue weighted by Crippen LogP contribution is 1.83. The van der Waals surface area contributed by atoms with Gasteiger partial charge in [0.25, 0.3) is 0 Å². The van der Waals surface area contributed by atoms with Crippen molar-refractivity contribution in [3.05, 3.63) is 24.3 Å². The minimum absolute atomic E-state index is 0.274. The molecule has 2 nitrogen and oxygen atoms in total. The maximum absolute atomic E-state index is 8.24. The molecule has 0 fully saturated rings. The molecule has 0 aliphatic carbocycles. The average Bonchev–Trinajstić information content (AvgIpc) is 2.21. The smallest absolute Gasteiger partial charge is 0.0465 e. The molecule has 0 rings (SSSR count). The van der Waals surface area contributed by atoms with E-state index in [4.69, 9.17) is 10.2 Å². The van der Waals surface area contributed by atoms with Gasteiger partial charge in [-0.1, -0.05) is 38.2 Å². The molecule has 2 N–H and O–H groups in total. The minimum Gasteiger partial charge on any atom is -0.396 e. The van der Waals surface area contributed by atoms with Crippen LogP contribution in [0.3, 0.4) is 0 Å². The number of aliphatic hydroxyl groups is 2.